The van der Waals surface area contributed by atoms with Crippen molar-refractivity contribution in [3.63, 3.8) is 0 Å². The van der Waals surface area contributed by atoms with Crippen LogP contribution in [-0.2, 0) is 0 Å². The summed E-state index contributed by atoms with van der Waals surface area (Å²) in [6.07, 6.45) is 14.0. The molecule has 0 bridgehead atoms. The quantitative estimate of drug-likeness (QED) is 0.293. The zero-order valence-electron chi connectivity index (χ0n) is 16.6. The largest absolute Gasteiger partial charge is 0.260 e. The standard InChI is InChI=1S/C23H31NP2/c1-10-15-22(9)25(20(7)12-3)17-19(6)18-26(24-25,21(8)13-4)23(14-5)16-11-2/h10-18H,3-4,7-9H2,1-2,5-6H3/b15-10-,16-11-,23-14+. The first-order valence-electron chi connectivity index (χ1n) is 8.61. The third-order valence-corrected chi connectivity index (χ3v) is 12.4. The minimum absolute atomic E-state index is 0.921. The summed E-state index contributed by atoms with van der Waals surface area (Å²) in [6.45, 7) is 29.1. The lowest BCUT2D eigenvalue weighted by Crippen LogP contribution is -1.99. The van der Waals surface area contributed by atoms with Crippen molar-refractivity contribution < 1.29 is 0 Å². The molecule has 0 saturated carbocycles. The second-order valence-electron chi connectivity index (χ2n) is 6.06. The summed E-state index contributed by atoms with van der Waals surface area (Å²) >= 11 is 0. The molecule has 0 spiro atoms. The normalized spacial score (nSPS) is 26.0. The van der Waals surface area contributed by atoms with E-state index in [0.29, 0.717) is 0 Å². The zero-order chi connectivity index (χ0) is 20.0. The number of nitrogens with zero attached hydrogens (tertiary/aromatic N) is 1. The fraction of sp³-hybridized carbons (Fsp3) is 0.174. The van der Waals surface area contributed by atoms with Gasteiger partial charge in [-0.3, -0.25) is 4.52 Å². The molecule has 0 radical (unpaired) electrons. The van der Waals surface area contributed by atoms with E-state index in [9.17, 15) is 0 Å². The van der Waals surface area contributed by atoms with E-state index in [1.807, 2.05) is 51.2 Å². The fourth-order valence-corrected chi connectivity index (χ4v) is 11.4. The summed E-state index contributed by atoms with van der Waals surface area (Å²) in [7, 11) is -4.41. The lowest BCUT2D eigenvalue weighted by atomic mass is 10.4. The van der Waals surface area contributed by atoms with Crippen LogP contribution in [-0.4, -0.2) is 5.80 Å². The maximum absolute atomic E-state index is 5.52. The Morgan fingerprint density at radius 2 is 1.50 bits per heavy atom. The first-order chi connectivity index (χ1) is 12.3. The summed E-state index contributed by atoms with van der Waals surface area (Å²) in [4.78, 5) is 0. The van der Waals surface area contributed by atoms with Crippen molar-refractivity contribution in [3.8, 4) is 0 Å². The van der Waals surface area contributed by atoms with Crippen molar-refractivity contribution in [1.29, 1.82) is 0 Å². The van der Waals surface area contributed by atoms with E-state index in [-0.39, 0.29) is 0 Å². The molecule has 138 valence electrons. The van der Waals surface area contributed by atoms with Crippen LogP contribution in [0, 0.1) is 0 Å². The van der Waals surface area contributed by atoms with Crippen LogP contribution in [0.4, 0.5) is 0 Å². The molecule has 26 heavy (non-hydrogen) atoms. The van der Waals surface area contributed by atoms with Gasteiger partial charge in [-0.25, -0.2) is 0 Å². The topological polar surface area (TPSA) is 12.4 Å². The van der Waals surface area contributed by atoms with Crippen LogP contribution in [0.25, 0.3) is 0 Å². The molecule has 0 aromatic rings. The van der Waals surface area contributed by atoms with Gasteiger partial charge in [0, 0.05) is 0 Å². The van der Waals surface area contributed by atoms with Gasteiger partial charge in [0.05, 0.1) is 14.1 Å². The molecule has 1 rings (SSSR count). The Balaban J connectivity index is 4.17. The highest BCUT2D eigenvalue weighted by Crippen LogP contribution is 2.78. The molecule has 3 heteroatoms. The van der Waals surface area contributed by atoms with Gasteiger partial charge in [-0.05, 0) is 66.1 Å². The molecule has 1 nitrogen and oxygen atoms in total. The predicted octanol–water partition coefficient (Wildman–Crippen LogP) is 8.81. The van der Waals surface area contributed by atoms with Gasteiger partial charge < -0.3 is 0 Å². The zero-order valence-corrected chi connectivity index (χ0v) is 18.4. The number of hydrogen-bond donors (Lipinski definition) is 0. The van der Waals surface area contributed by atoms with E-state index < -0.39 is 14.1 Å². The molecule has 2 unspecified atom stereocenters. The Bertz CT molecular complexity index is 883. The summed E-state index contributed by atoms with van der Waals surface area (Å²) in [5, 5.41) is 4.03. The van der Waals surface area contributed by atoms with Crippen LogP contribution in [0.1, 0.15) is 27.7 Å². The molecule has 0 aromatic heterocycles. The molecule has 1 aliphatic rings. The lowest BCUT2D eigenvalue weighted by molar-refractivity contribution is 1.60. The highest BCUT2D eigenvalue weighted by Gasteiger charge is 2.32. The molecule has 0 aromatic carbocycles. The van der Waals surface area contributed by atoms with Gasteiger partial charge >= 0.3 is 0 Å². The van der Waals surface area contributed by atoms with E-state index >= 15 is 0 Å². The van der Waals surface area contributed by atoms with Crippen molar-refractivity contribution in [2.75, 3.05) is 0 Å². The van der Waals surface area contributed by atoms with Crippen molar-refractivity contribution in [3.05, 3.63) is 108 Å². The summed E-state index contributed by atoms with van der Waals surface area (Å²) in [6, 6.07) is 0. The van der Waals surface area contributed by atoms with E-state index in [2.05, 4.69) is 63.6 Å². The third kappa shape index (κ3) is 3.96. The maximum atomic E-state index is 5.52. The smallest absolute Gasteiger partial charge is 0.0524 e. The summed E-state index contributed by atoms with van der Waals surface area (Å²) < 4.78 is 5.52. The molecule has 1 heterocycles. The van der Waals surface area contributed by atoms with Crippen molar-refractivity contribution in [2.24, 2.45) is 4.52 Å². The van der Waals surface area contributed by atoms with Crippen molar-refractivity contribution in [1.82, 2.24) is 0 Å². The van der Waals surface area contributed by atoms with E-state index in [1.54, 1.807) is 0 Å². The molecule has 1 aliphatic heterocycles. The van der Waals surface area contributed by atoms with Crippen LogP contribution in [0.15, 0.2) is 113 Å². The van der Waals surface area contributed by atoms with Crippen LogP contribution >= 0.6 is 14.1 Å². The number of rotatable bonds is 8. The average Bonchev–Trinajstić information content (AvgIpc) is 2.63. The first kappa shape index (κ1) is 22.2. The van der Waals surface area contributed by atoms with Gasteiger partial charge in [0.1, 0.15) is 0 Å². The van der Waals surface area contributed by atoms with E-state index in [1.165, 1.54) is 10.9 Å². The van der Waals surface area contributed by atoms with Gasteiger partial charge in [-0.15, -0.1) is 0 Å². The molecule has 0 saturated heterocycles. The van der Waals surface area contributed by atoms with Gasteiger partial charge in [0.25, 0.3) is 0 Å². The Hall–Kier alpha value is -1.81. The molecule has 0 amide bonds. The third-order valence-electron chi connectivity index (χ3n) is 4.23. The van der Waals surface area contributed by atoms with Gasteiger partial charge in [-0.1, -0.05) is 75.4 Å². The molecule has 0 N–H and O–H groups in total. The highest BCUT2D eigenvalue weighted by atomic mass is 31.2. The Morgan fingerprint density at radius 3 is 1.96 bits per heavy atom. The Labute approximate surface area is 160 Å². The number of allylic oxidation sites excluding steroid dienone is 12. The van der Waals surface area contributed by atoms with Crippen LogP contribution in [0.2, 0.25) is 0 Å². The second kappa shape index (κ2) is 9.22. The van der Waals surface area contributed by atoms with Gasteiger partial charge in [-0.2, -0.15) is 0 Å². The second-order valence-corrected chi connectivity index (χ2v) is 12.3. The fourth-order valence-electron chi connectivity index (χ4n) is 2.96. The maximum Gasteiger partial charge on any atom is 0.0524 e. The minimum Gasteiger partial charge on any atom is -0.260 e. The number of hydrogen-bond acceptors (Lipinski definition) is 1. The predicted molar refractivity (Wildman–Crippen MR) is 127 cm³/mol. The SMILES string of the molecule is C=CC(=C)P1(C(=C)/C=C\C)=CC(C)=CP(C(=C)C=C)(C(/C=C\C)=C/C)=N1. The summed E-state index contributed by atoms with van der Waals surface area (Å²) in [5.74, 6) is 4.50. The van der Waals surface area contributed by atoms with E-state index in [0.717, 1.165) is 15.9 Å². The molecular formula is C23H31NP2. The van der Waals surface area contributed by atoms with Crippen molar-refractivity contribution in [2.45, 2.75) is 27.7 Å². The summed E-state index contributed by atoms with van der Waals surface area (Å²) in [5.41, 5.74) is 1.18. The lowest BCUT2D eigenvalue weighted by Gasteiger charge is -2.35. The van der Waals surface area contributed by atoms with E-state index in [4.69, 9.17) is 4.52 Å². The van der Waals surface area contributed by atoms with Crippen molar-refractivity contribution >= 4 is 19.9 Å². The monoisotopic (exact) mass is 383 g/mol. The Kier molecular flexibility index (Phi) is 7.88. The van der Waals surface area contributed by atoms with Crippen LogP contribution in [0.3, 0.4) is 0 Å². The molecule has 2 atom stereocenters. The first-order valence-corrected chi connectivity index (χ1v) is 12.2. The van der Waals surface area contributed by atoms with Crippen LogP contribution < -0.4 is 0 Å². The van der Waals surface area contributed by atoms with Crippen LogP contribution in [0.5, 0.6) is 0 Å². The molecular weight excluding hydrogens is 352 g/mol. The average molecular weight is 383 g/mol. The molecule has 0 aliphatic carbocycles. The highest BCUT2D eigenvalue weighted by molar-refractivity contribution is 7.91. The van der Waals surface area contributed by atoms with Gasteiger partial charge in [0.15, 0.2) is 0 Å². The van der Waals surface area contributed by atoms with Gasteiger partial charge in [0.2, 0.25) is 0 Å². The Morgan fingerprint density at radius 1 is 0.923 bits per heavy atom. The molecule has 0 fully saturated rings. The minimum atomic E-state index is -2.22.